The molecular formula is C20H20ClN3O4. The molecule has 1 heterocycles. The number of esters is 1. The number of para-hydroxylation sites is 2. The Kier molecular flexibility index (Phi) is 6.16. The van der Waals surface area contributed by atoms with E-state index in [0.29, 0.717) is 16.6 Å². The minimum atomic E-state index is -0.522. The van der Waals surface area contributed by atoms with Crippen molar-refractivity contribution >= 4 is 34.5 Å². The van der Waals surface area contributed by atoms with Crippen molar-refractivity contribution in [3.8, 4) is 5.75 Å². The molecule has 0 radical (unpaired) electrons. The molecule has 0 aliphatic rings. The second-order valence-electron chi connectivity index (χ2n) is 6.29. The number of fused-ring (bicyclic) bond motifs is 1. The maximum absolute atomic E-state index is 12.2. The number of nitrogens with zero attached hydrogens (tertiary/aromatic N) is 3. The number of hydrogen-bond acceptors (Lipinski definition) is 5. The number of aromatic nitrogens is 2. The van der Waals surface area contributed by atoms with E-state index in [0.717, 1.165) is 11.0 Å². The lowest BCUT2D eigenvalue weighted by atomic mass is 10.3. The fourth-order valence-corrected chi connectivity index (χ4v) is 2.66. The fourth-order valence-electron chi connectivity index (χ4n) is 2.54. The molecule has 0 aliphatic carbocycles. The van der Waals surface area contributed by atoms with Crippen LogP contribution in [0.5, 0.6) is 5.75 Å². The number of amides is 1. The number of ether oxygens (including phenoxy) is 2. The topological polar surface area (TPSA) is 73.7 Å². The van der Waals surface area contributed by atoms with Crippen molar-refractivity contribution in [1.29, 1.82) is 0 Å². The summed E-state index contributed by atoms with van der Waals surface area (Å²) in [5.74, 6) is 0.412. The van der Waals surface area contributed by atoms with Crippen LogP contribution in [0.4, 0.5) is 0 Å². The van der Waals surface area contributed by atoms with Crippen LogP contribution in [0.1, 0.15) is 5.82 Å². The van der Waals surface area contributed by atoms with Gasteiger partial charge in [-0.2, -0.15) is 0 Å². The molecule has 146 valence electrons. The Morgan fingerprint density at radius 3 is 2.54 bits per heavy atom. The Morgan fingerprint density at radius 2 is 1.82 bits per heavy atom. The number of benzene rings is 2. The predicted molar refractivity (Wildman–Crippen MR) is 105 cm³/mol. The number of hydrogen-bond donors (Lipinski definition) is 0. The van der Waals surface area contributed by atoms with Gasteiger partial charge in [-0.05, 0) is 36.4 Å². The van der Waals surface area contributed by atoms with Gasteiger partial charge in [0.05, 0.1) is 11.0 Å². The van der Waals surface area contributed by atoms with Gasteiger partial charge in [0.2, 0.25) is 0 Å². The van der Waals surface area contributed by atoms with Crippen LogP contribution in [-0.2, 0) is 27.5 Å². The molecule has 0 N–H and O–H groups in total. The van der Waals surface area contributed by atoms with Crippen molar-refractivity contribution in [3.63, 3.8) is 0 Å². The van der Waals surface area contributed by atoms with E-state index in [1.54, 1.807) is 42.9 Å². The van der Waals surface area contributed by atoms with E-state index in [2.05, 4.69) is 4.98 Å². The lowest BCUT2D eigenvalue weighted by molar-refractivity contribution is -0.151. The zero-order valence-electron chi connectivity index (χ0n) is 15.6. The first-order chi connectivity index (χ1) is 13.4. The second kappa shape index (κ2) is 8.75. The fraction of sp³-hybridized carbons (Fsp3) is 0.250. The van der Waals surface area contributed by atoms with E-state index >= 15 is 0 Å². The highest BCUT2D eigenvalue weighted by atomic mass is 35.5. The van der Waals surface area contributed by atoms with Gasteiger partial charge in [0.25, 0.3) is 5.91 Å². The van der Waals surface area contributed by atoms with Gasteiger partial charge in [0.15, 0.2) is 6.61 Å². The van der Waals surface area contributed by atoms with Crippen LogP contribution in [0.25, 0.3) is 11.0 Å². The second-order valence-corrected chi connectivity index (χ2v) is 6.73. The molecule has 0 bridgehead atoms. The summed E-state index contributed by atoms with van der Waals surface area (Å²) in [6.07, 6.45) is 0. The Balaban J connectivity index is 1.76. The molecule has 0 spiro atoms. The van der Waals surface area contributed by atoms with Gasteiger partial charge in [-0.25, -0.2) is 4.98 Å². The van der Waals surface area contributed by atoms with Crippen LogP contribution in [-0.4, -0.2) is 47.0 Å². The largest absolute Gasteiger partial charge is 0.486 e. The third-order valence-electron chi connectivity index (χ3n) is 4.06. The molecule has 8 heteroatoms. The molecule has 1 amide bonds. The Labute approximate surface area is 167 Å². The molecule has 3 rings (SSSR count). The predicted octanol–water partition coefficient (Wildman–Crippen LogP) is 2.90. The van der Waals surface area contributed by atoms with Gasteiger partial charge in [-0.3, -0.25) is 9.59 Å². The number of carbonyl (C=O) groups excluding carboxylic acids is 2. The summed E-state index contributed by atoms with van der Waals surface area (Å²) < 4.78 is 12.6. The van der Waals surface area contributed by atoms with E-state index < -0.39 is 5.97 Å². The number of carbonyl (C=O) groups is 2. The van der Waals surface area contributed by atoms with Crippen molar-refractivity contribution in [2.24, 2.45) is 0 Å². The molecule has 0 saturated heterocycles. The van der Waals surface area contributed by atoms with Crippen molar-refractivity contribution < 1.29 is 19.1 Å². The summed E-state index contributed by atoms with van der Waals surface area (Å²) in [6, 6.07) is 14.5. The SMILES string of the molecule is CN(C)C(=O)COC(=O)Cn1c(COc2ccc(Cl)cc2)nc2ccccc21. The van der Waals surface area contributed by atoms with Crippen LogP contribution >= 0.6 is 11.6 Å². The number of likely N-dealkylation sites (N-methyl/N-ethyl adjacent to an activating group) is 1. The molecule has 0 saturated carbocycles. The molecule has 1 aromatic heterocycles. The van der Waals surface area contributed by atoms with Crippen LogP contribution in [0, 0.1) is 0 Å². The molecule has 0 atom stereocenters. The average Bonchev–Trinajstić information content (AvgIpc) is 3.03. The van der Waals surface area contributed by atoms with Gasteiger partial charge in [0, 0.05) is 19.1 Å². The van der Waals surface area contributed by atoms with Gasteiger partial charge < -0.3 is 18.9 Å². The normalized spacial score (nSPS) is 10.7. The van der Waals surface area contributed by atoms with Gasteiger partial charge in [-0.15, -0.1) is 0 Å². The van der Waals surface area contributed by atoms with Crippen LogP contribution < -0.4 is 4.74 Å². The summed E-state index contributed by atoms with van der Waals surface area (Å²) >= 11 is 5.89. The zero-order valence-corrected chi connectivity index (χ0v) is 16.3. The highest BCUT2D eigenvalue weighted by Crippen LogP contribution is 2.20. The van der Waals surface area contributed by atoms with E-state index in [4.69, 9.17) is 21.1 Å². The van der Waals surface area contributed by atoms with E-state index in [1.807, 2.05) is 24.3 Å². The van der Waals surface area contributed by atoms with Gasteiger partial charge in [0.1, 0.15) is 24.7 Å². The zero-order chi connectivity index (χ0) is 20.1. The molecule has 3 aromatic rings. The van der Waals surface area contributed by atoms with E-state index in [9.17, 15) is 9.59 Å². The Morgan fingerprint density at radius 1 is 1.11 bits per heavy atom. The summed E-state index contributed by atoms with van der Waals surface area (Å²) in [4.78, 5) is 29.8. The lowest BCUT2D eigenvalue weighted by Gasteiger charge is -2.12. The van der Waals surface area contributed by atoms with Crippen LogP contribution in [0.3, 0.4) is 0 Å². The minimum absolute atomic E-state index is 0.0689. The third kappa shape index (κ3) is 4.80. The molecule has 2 aromatic carbocycles. The molecule has 0 fully saturated rings. The molecule has 28 heavy (non-hydrogen) atoms. The summed E-state index contributed by atoms with van der Waals surface area (Å²) in [7, 11) is 3.21. The van der Waals surface area contributed by atoms with Crippen LogP contribution in [0.15, 0.2) is 48.5 Å². The molecular weight excluding hydrogens is 382 g/mol. The monoisotopic (exact) mass is 401 g/mol. The summed E-state index contributed by atoms with van der Waals surface area (Å²) in [6.45, 7) is -0.199. The standard InChI is InChI=1S/C20H20ClN3O4/c1-23(2)19(25)13-28-20(26)11-24-17-6-4-3-5-16(17)22-18(24)12-27-15-9-7-14(21)8-10-15/h3-10H,11-13H2,1-2H3. The maximum atomic E-state index is 12.2. The van der Waals surface area contributed by atoms with E-state index in [-0.39, 0.29) is 25.7 Å². The quantitative estimate of drug-likeness (QED) is 0.569. The molecule has 0 aliphatic heterocycles. The minimum Gasteiger partial charge on any atom is -0.486 e. The molecule has 0 unspecified atom stereocenters. The average molecular weight is 402 g/mol. The van der Waals surface area contributed by atoms with Gasteiger partial charge >= 0.3 is 5.97 Å². The van der Waals surface area contributed by atoms with Crippen molar-refractivity contribution in [2.75, 3.05) is 20.7 Å². The maximum Gasteiger partial charge on any atom is 0.326 e. The van der Waals surface area contributed by atoms with Crippen molar-refractivity contribution in [1.82, 2.24) is 14.5 Å². The highest BCUT2D eigenvalue weighted by Gasteiger charge is 2.16. The lowest BCUT2D eigenvalue weighted by Crippen LogP contribution is -2.28. The number of halogens is 1. The summed E-state index contributed by atoms with van der Waals surface area (Å²) in [5.41, 5.74) is 1.53. The Bertz CT molecular complexity index is 983. The van der Waals surface area contributed by atoms with Crippen molar-refractivity contribution in [3.05, 3.63) is 59.4 Å². The number of rotatable bonds is 7. The first-order valence-corrected chi connectivity index (χ1v) is 9.00. The highest BCUT2D eigenvalue weighted by molar-refractivity contribution is 6.30. The van der Waals surface area contributed by atoms with Crippen LogP contribution in [0.2, 0.25) is 5.02 Å². The summed E-state index contributed by atoms with van der Waals surface area (Å²) in [5, 5.41) is 0.620. The van der Waals surface area contributed by atoms with Gasteiger partial charge in [-0.1, -0.05) is 23.7 Å². The first kappa shape index (κ1) is 19.7. The van der Waals surface area contributed by atoms with Crippen molar-refractivity contribution in [2.45, 2.75) is 13.2 Å². The number of imidazole rings is 1. The Hall–Kier alpha value is -3.06. The third-order valence-corrected chi connectivity index (χ3v) is 4.31. The van der Waals surface area contributed by atoms with E-state index in [1.165, 1.54) is 4.90 Å². The first-order valence-electron chi connectivity index (χ1n) is 8.62. The molecule has 7 nitrogen and oxygen atoms in total. The smallest absolute Gasteiger partial charge is 0.326 e.